The smallest absolute Gasteiger partial charge is 0.335 e. The summed E-state index contributed by atoms with van der Waals surface area (Å²) in [5.74, 6) is -2.44. The summed E-state index contributed by atoms with van der Waals surface area (Å²) in [6.07, 6.45) is 1.40. The molecular formula is C11H13NO4. The predicted molar refractivity (Wildman–Crippen MR) is 55.1 cm³/mol. The number of nitrogens with zero attached hydrogens (tertiary/aromatic N) is 1. The first-order valence-electron chi connectivity index (χ1n) is 4.76. The van der Waals surface area contributed by atoms with Crippen molar-refractivity contribution in [1.82, 2.24) is 0 Å². The largest absolute Gasteiger partial charge is 0.481 e. The molecule has 1 rings (SSSR count). The van der Waals surface area contributed by atoms with Crippen molar-refractivity contribution in [2.75, 3.05) is 7.11 Å². The summed E-state index contributed by atoms with van der Waals surface area (Å²) in [5.41, 5.74) is -0.556. The summed E-state index contributed by atoms with van der Waals surface area (Å²) in [6, 6.07) is 0. The molecule has 0 aromatic carbocycles. The van der Waals surface area contributed by atoms with Crippen molar-refractivity contribution >= 4 is 11.9 Å². The van der Waals surface area contributed by atoms with E-state index in [4.69, 9.17) is 11.7 Å². The van der Waals surface area contributed by atoms with Gasteiger partial charge in [0, 0.05) is 0 Å². The van der Waals surface area contributed by atoms with Gasteiger partial charge in [0.1, 0.15) is 0 Å². The van der Waals surface area contributed by atoms with Gasteiger partial charge in [-0.25, -0.2) is 4.85 Å². The maximum absolute atomic E-state index is 11.1. The lowest BCUT2D eigenvalue weighted by Crippen LogP contribution is -2.03. The molecule has 0 saturated heterocycles. The molecule has 0 amide bonds. The fourth-order valence-corrected chi connectivity index (χ4v) is 1.89. The monoisotopic (exact) mass is 223 g/mol. The van der Waals surface area contributed by atoms with E-state index < -0.39 is 23.3 Å². The minimum atomic E-state index is -0.902. The molecule has 0 heterocycles. The number of rotatable bonds is 3. The molecule has 2 atom stereocenters. The Balaban J connectivity index is 2.91. The van der Waals surface area contributed by atoms with Gasteiger partial charge in [-0.3, -0.25) is 9.59 Å². The van der Waals surface area contributed by atoms with Crippen molar-refractivity contribution in [3.8, 4) is 0 Å². The van der Waals surface area contributed by atoms with Gasteiger partial charge in [0.05, 0.1) is 19.6 Å². The molecule has 0 radical (unpaired) electrons. The van der Waals surface area contributed by atoms with Crippen LogP contribution >= 0.6 is 0 Å². The summed E-state index contributed by atoms with van der Waals surface area (Å²) < 4.78 is 4.43. The second-order valence-corrected chi connectivity index (χ2v) is 4.32. The lowest BCUT2D eigenvalue weighted by Gasteiger charge is -1.98. The highest BCUT2D eigenvalue weighted by molar-refractivity contribution is 5.90. The Morgan fingerprint density at radius 3 is 2.38 bits per heavy atom. The van der Waals surface area contributed by atoms with Crippen molar-refractivity contribution < 1.29 is 19.4 Å². The van der Waals surface area contributed by atoms with E-state index in [2.05, 4.69) is 9.58 Å². The Labute approximate surface area is 93.5 Å². The van der Waals surface area contributed by atoms with Crippen LogP contribution in [0.5, 0.6) is 0 Å². The molecule has 1 saturated carbocycles. The average molecular weight is 223 g/mol. The highest BCUT2D eigenvalue weighted by Crippen LogP contribution is 2.59. The first-order chi connectivity index (χ1) is 7.36. The summed E-state index contributed by atoms with van der Waals surface area (Å²) in [6.45, 7) is 10.4. The fourth-order valence-electron chi connectivity index (χ4n) is 1.89. The van der Waals surface area contributed by atoms with Gasteiger partial charge in [-0.15, -0.1) is 0 Å². The number of ether oxygens (including phenoxy) is 1. The lowest BCUT2D eigenvalue weighted by atomic mass is 10.1. The lowest BCUT2D eigenvalue weighted by molar-refractivity contribution is -0.139. The molecule has 1 aliphatic rings. The van der Waals surface area contributed by atoms with Gasteiger partial charge in [0.2, 0.25) is 0 Å². The van der Waals surface area contributed by atoms with Crippen LogP contribution in [-0.2, 0) is 14.3 Å². The van der Waals surface area contributed by atoms with Gasteiger partial charge in [-0.05, 0) is 11.3 Å². The first kappa shape index (κ1) is 12.2. The normalized spacial score (nSPS) is 26.8. The summed E-state index contributed by atoms with van der Waals surface area (Å²) in [5, 5.41) is 8.92. The number of esters is 1. The highest BCUT2D eigenvalue weighted by atomic mass is 16.5. The number of hydrogen-bond acceptors (Lipinski definition) is 3. The average Bonchev–Trinajstić information content (AvgIpc) is 2.75. The third-order valence-corrected chi connectivity index (χ3v) is 3.03. The van der Waals surface area contributed by atoms with Crippen molar-refractivity contribution in [1.29, 1.82) is 0 Å². The van der Waals surface area contributed by atoms with E-state index in [9.17, 15) is 9.59 Å². The van der Waals surface area contributed by atoms with Crippen LogP contribution in [0.2, 0.25) is 0 Å². The molecule has 2 unspecified atom stereocenters. The Kier molecular flexibility index (Phi) is 3.04. The number of aliphatic carboxylic acids is 1. The number of allylic oxidation sites excluding steroid dienone is 1. The van der Waals surface area contributed by atoms with Crippen molar-refractivity contribution in [3.05, 3.63) is 23.2 Å². The maximum atomic E-state index is 11.1. The fraction of sp³-hybridized carbons (Fsp3) is 0.545. The quantitative estimate of drug-likeness (QED) is 0.445. The zero-order valence-corrected chi connectivity index (χ0v) is 9.35. The molecular weight excluding hydrogens is 210 g/mol. The Morgan fingerprint density at radius 2 is 2.06 bits per heavy atom. The van der Waals surface area contributed by atoms with Gasteiger partial charge in [0.25, 0.3) is 5.70 Å². The number of hydrogen-bond donors (Lipinski definition) is 1. The molecule has 5 nitrogen and oxygen atoms in total. The van der Waals surface area contributed by atoms with Crippen molar-refractivity contribution in [2.24, 2.45) is 17.3 Å². The van der Waals surface area contributed by atoms with Crippen LogP contribution < -0.4 is 0 Å². The zero-order chi connectivity index (χ0) is 12.5. The van der Waals surface area contributed by atoms with Crippen LogP contribution in [0, 0.1) is 23.8 Å². The highest BCUT2D eigenvalue weighted by Gasteiger charge is 2.60. The Bertz CT molecular complexity index is 403. The van der Waals surface area contributed by atoms with Gasteiger partial charge in [0.15, 0.2) is 0 Å². The van der Waals surface area contributed by atoms with Gasteiger partial charge in [-0.2, -0.15) is 0 Å². The van der Waals surface area contributed by atoms with Gasteiger partial charge in [-0.1, -0.05) is 19.9 Å². The van der Waals surface area contributed by atoms with E-state index in [0.29, 0.717) is 0 Å². The molecule has 0 spiro atoms. The molecule has 5 heteroatoms. The van der Waals surface area contributed by atoms with E-state index in [1.807, 2.05) is 0 Å². The molecule has 1 fully saturated rings. The van der Waals surface area contributed by atoms with Crippen LogP contribution in [0.25, 0.3) is 4.85 Å². The van der Waals surface area contributed by atoms with Crippen molar-refractivity contribution in [3.63, 3.8) is 0 Å². The van der Waals surface area contributed by atoms with Crippen LogP contribution in [0.15, 0.2) is 11.8 Å². The SMILES string of the molecule is [C-]#[N+]/C(=C\C1C(C(=O)O)C1(C)C)C(=O)OC. The molecule has 1 aliphatic carbocycles. The van der Waals surface area contributed by atoms with E-state index in [1.165, 1.54) is 13.2 Å². The van der Waals surface area contributed by atoms with Gasteiger partial charge < -0.3 is 9.84 Å². The molecule has 0 aromatic heterocycles. The van der Waals surface area contributed by atoms with E-state index in [0.717, 1.165) is 0 Å². The van der Waals surface area contributed by atoms with Crippen LogP contribution in [0.4, 0.5) is 0 Å². The molecule has 86 valence electrons. The van der Waals surface area contributed by atoms with E-state index in [1.54, 1.807) is 13.8 Å². The van der Waals surface area contributed by atoms with Crippen molar-refractivity contribution in [2.45, 2.75) is 13.8 Å². The van der Waals surface area contributed by atoms with E-state index in [-0.39, 0.29) is 11.6 Å². The number of carbonyl (C=O) groups excluding carboxylic acids is 1. The predicted octanol–water partition coefficient (Wildman–Crippen LogP) is 1.32. The summed E-state index contributed by atoms with van der Waals surface area (Å²) >= 11 is 0. The Morgan fingerprint density at radius 1 is 1.50 bits per heavy atom. The number of carbonyl (C=O) groups is 2. The van der Waals surface area contributed by atoms with Gasteiger partial charge >= 0.3 is 11.9 Å². The van der Waals surface area contributed by atoms with Crippen LogP contribution in [0.1, 0.15) is 13.8 Å². The number of carboxylic acids is 1. The first-order valence-corrected chi connectivity index (χ1v) is 4.76. The minimum Gasteiger partial charge on any atom is -0.481 e. The summed E-state index contributed by atoms with van der Waals surface area (Å²) in [4.78, 5) is 25.1. The third kappa shape index (κ3) is 1.91. The molecule has 0 bridgehead atoms. The number of carboxylic acid groups (broad SMARTS) is 1. The zero-order valence-electron chi connectivity index (χ0n) is 9.35. The maximum Gasteiger partial charge on any atom is 0.335 e. The second-order valence-electron chi connectivity index (χ2n) is 4.32. The molecule has 1 N–H and O–H groups in total. The molecule has 0 aliphatic heterocycles. The Hall–Kier alpha value is -1.83. The van der Waals surface area contributed by atoms with Crippen LogP contribution in [-0.4, -0.2) is 24.2 Å². The van der Waals surface area contributed by atoms with E-state index >= 15 is 0 Å². The molecule has 0 aromatic rings. The summed E-state index contributed by atoms with van der Waals surface area (Å²) in [7, 11) is 1.19. The second kappa shape index (κ2) is 3.97. The number of methoxy groups -OCH3 is 1. The third-order valence-electron chi connectivity index (χ3n) is 3.03. The molecule has 16 heavy (non-hydrogen) atoms. The standard InChI is InChI=1S/C11H13NO4/c1-11(2)6(8(11)9(13)14)5-7(12-3)10(15)16-4/h5-6,8H,1-2,4H3,(H,13,14)/b7-5-. The van der Waals surface area contributed by atoms with Crippen LogP contribution in [0.3, 0.4) is 0 Å². The minimum absolute atomic E-state index is 0.149. The topological polar surface area (TPSA) is 68.0 Å².